The van der Waals surface area contributed by atoms with Gasteiger partial charge in [-0.25, -0.2) is 0 Å². The lowest BCUT2D eigenvalue weighted by Gasteiger charge is -2.05. The second kappa shape index (κ2) is 5.49. The van der Waals surface area contributed by atoms with Crippen molar-refractivity contribution in [1.29, 1.82) is 0 Å². The van der Waals surface area contributed by atoms with Crippen LogP contribution in [0.15, 0.2) is 0 Å². The molecular weight excluding hydrogens is 134 g/mol. The molecule has 0 aromatic carbocycles. The lowest BCUT2D eigenvalue weighted by molar-refractivity contribution is 0.623. The lowest BCUT2D eigenvalue weighted by atomic mass is 10.3. The maximum atomic E-state index is 5.34. The van der Waals surface area contributed by atoms with Crippen LogP contribution in [-0.2, 0) is 4.12 Å². The first-order valence-corrected chi connectivity index (χ1v) is 5.21. The predicted octanol–water partition coefficient (Wildman–Crippen LogP) is -1.48. The molecule has 0 radical (unpaired) electrons. The van der Waals surface area contributed by atoms with Crippen LogP contribution in [0.1, 0.15) is 13.3 Å². The van der Waals surface area contributed by atoms with E-state index < -0.39 is 0 Å². The number of nitrogens with two attached hydrogens (primary N) is 1. The molecule has 2 nitrogen and oxygen atoms in total. The van der Waals surface area contributed by atoms with Crippen molar-refractivity contribution in [2.24, 2.45) is 5.73 Å². The van der Waals surface area contributed by atoms with Crippen LogP contribution in [0.2, 0.25) is 5.54 Å². The fourth-order valence-corrected chi connectivity index (χ4v) is 3.33. The summed E-state index contributed by atoms with van der Waals surface area (Å²) in [4.78, 5) is 0. The zero-order chi connectivity index (χ0) is 6.41. The van der Waals surface area contributed by atoms with Gasteiger partial charge in [0, 0.05) is 0 Å². The van der Waals surface area contributed by atoms with E-state index in [2.05, 4.69) is 6.92 Å². The van der Waals surface area contributed by atoms with E-state index in [4.69, 9.17) is 9.85 Å². The largest absolute Gasteiger partial charge is 0.468 e. The van der Waals surface area contributed by atoms with E-state index in [0.717, 1.165) is 29.0 Å². The monoisotopic (exact) mass is 149 g/mol. The molecule has 0 rings (SSSR count). The Kier molecular flexibility index (Phi) is 5.73. The third-order valence-corrected chi connectivity index (χ3v) is 3.42. The normalized spacial score (nSPS) is 15.8. The van der Waals surface area contributed by atoms with Crippen LogP contribution >= 0.6 is 0 Å². The van der Waals surface area contributed by atoms with Gasteiger partial charge in [-0.15, -0.1) is 0 Å². The summed E-state index contributed by atoms with van der Waals surface area (Å²) in [7, 11) is 0.732. The first-order valence-electron chi connectivity index (χ1n) is 3.00. The summed E-state index contributed by atoms with van der Waals surface area (Å²) in [5, 5.41) is 0. The van der Waals surface area contributed by atoms with Crippen molar-refractivity contribution in [3.63, 3.8) is 0 Å². The highest BCUT2D eigenvalue weighted by Crippen LogP contribution is 2.03. The molecule has 0 aliphatic carbocycles. The zero-order valence-electron chi connectivity index (χ0n) is 5.68. The van der Waals surface area contributed by atoms with E-state index in [1.54, 1.807) is 0 Å². The molecule has 0 aliphatic heterocycles. The SMILES string of the molecule is CC(CCN)[SiH2]O[SiH3]. The molecule has 50 valence electrons. The molecule has 4 heteroatoms. The van der Waals surface area contributed by atoms with Crippen molar-refractivity contribution in [3.8, 4) is 0 Å². The highest BCUT2D eigenvalue weighted by molar-refractivity contribution is 6.35. The fourth-order valence-electron chi connectivity index (χ4n) is 0.652. The molecule has 0 heterocycles. The third-order valence-electron chi connectivity index (χ3n) is 1.11. The zero-order valence-corrected chi connectivity index (χ0v) is 9.10. The molecule has 0 bridgehead atoms. The van der Waals surface area contributed by atoms with Crippen molar-refractivity contribution >= 4 is 20.2 Å². The van der Waals surface area contributed by atoms with Crippen LogP contribution in [0.25, 0.3) is 0 Å². The summed E-state index contributed by atoms with van der Waals surface area (Å²) in [6.45, 7) is 3.04. The molecule has 2 N–H and O–H groups in total. The van der Waals surface area contributed by atoms with Crippen molar-refractivity contribution in [3.05, 3.63) is 0 Å². The minimum Gasteiger partial charge on any atom is -0.468 e. The third kappa shape index (κ3) is 4.51. The van der Waals surface area contributed by atoms with Crippen LogP contribution in [0, 0.1) is 0 Å². The van der Waals surface area contributed by atoms with Crippen molar-refractivity contribution in [2.75, 3.05) is 6.54 Å². The van der Waals surface area contributed by atoms with E-state index >= 15 is 0 Å². The Balaban J connectivity index is 2.92. The molecule has 0 amide bonds. The van der Waals surface area contributed by atoms with Gasteiger partial charge in [0.25, 0.3) is 0 Å². The van der Waals surface area contributed by atoms with Gasteiger partial charge >= 0.3 is 0 Å². The second-order valence-corrected chi connectivity index (χ2v) is 6.17. The molecule has 0 saturated carbocycles. The maximum Gasteiger partial charge on any atom is 0.148 e. The Bertz CT molecular complexity index is 47.3. The first kappa shape index (κ1) is 8.35. The van der Waals surface area contributed by atoms with Gasteiger partial charge in [-0.05, 0) is 18.5 Å². The summed E-state index contributed by atoms with van der Waals surface area (Å²) in [6, 6.07) is 0. The average molecular weight is 149 g/mol. The summed E-state index contributed by atoms with van der Waals surface area (Å²) in [5.74, 6) is 0. The summed E-state index contributed by atoms with van der Waals surface area (Å²) in [5.41, 5.74) is 6.13. The van der Waals surface area contributed by atoms with Gasteiger partial charge < -0.3 is 9.85 Å². The predicted molar refractivity (Wildman–Crippen MR) is 42.7 cm³/mol. The topological polar surface area (TPSA) is 35.2 Å². The number of hydrogen-bond acceptors (Lipinski definition) is 2. The molecule has 0 saturated heterocycles. The molecule has 0 fully saturated rings. The van der Waals surface area contributed by atoms with Gasteiger partial charge in [0.15, 0.2) is 0 Å². The van der Waals surface area contributed by atoms with Crippen molar-refractivity contribution < 1.29 is 4.12 Å². The molecular formula is C4H15NOSi2. The molecule has 8 heavy (non-hydrogen) atoms. The average Bonchev–Trinajstić information content (AvgIpc) is 1.68. The smallest absolute Gasteiger partial charge is 0.148 e. The molecule has 0 aliphatic rings. The van der Waals surface area contributed by atoms with Crippen LogP contribution < -0.4 is 5.73 Å². The molecule has 1 unspecified atom stereocenters. The number of hydrogen-bond donors (Lipinski definition) is 1. The van der Waals surface area contributed by atoms with Crippen LogP contribution in [0.4, 0.5) is 0 Å². The molecule has 1 atom stereocenters. The summed E-state index contributed by atoms with van der Waals surface area (Å²) >= 11 is 0. The van der Waals surface area contributed by atoms with Gasteiger partial charge in [-0.3, -0.25) is 0 Å². The fraction of sp³-hybridized carbons (Fsp3) is 1.00. The van der Waals surface area contributed by atoms with Crippen molar-refractivity contribution in [2.45, 2.75) is 18.9 Å². The molecule has 0 spiro atoms. The quantitative estimate of drug-likeness (QED) is 0.495. The lowest BCUT2D eigenvalue weighted by Crippen LogP contribution is -2.08. The minimum atomic E-state index is -0.183. The Labute approximate surface area is 56.3 Å². The standard InChI is InChI=1S/C4H15NOSi2/c1-4(2-3-5)8-6-7/h4H,2-3,5,8H2,1,7H3. The summed E-state index contributed by atoms with van der Waals surface area (Å²) in [6.07, 6.45) is 1.15. The number of rotatable bonds is 4. The second-order valence-electron chi connectivity index (χ2n) is 2.14. The summed E-state index contributed by atoms with van der Waals surface area (Å²) < 4.78 is 5.18. The Morgan fingerprint density at radius 1 is 1.88 bits per heavy atom. The Morgan fingerprint density at radius 3 is 2.88 bits per heavy atom. The van der Waals surface area contributed by atoms with Crippen LogP contribution in [0.5, 0.6) is 0 Å². The van der Waals surface area contributed by atoms with Gasteiger partial charge in [-0.2, -0.15) is 0 Å². The Morgan fingerprint density at radius 2 is 2.50 bits per heavy atom. The van der Waals surface area contributed by atoms with E-state index in [1.807, 2.05) is 0 Å². The molecule has 0 aromatic heterocycles. The van der Waals surface area contributed by atoms with Crippen molar-refractivity contribution in [1.82, 2.24) is 0 Å². The van der Waals surface area contributed by atoms with Gasteiger partial charge in [0.05, 0.1) is 0 Å². The van der Waals surface area contributed by atoms with Gasteiger partial charge in [0.1, 0.15) is 20.2 Å². The first-order chi connectivity index (χ1) is 3.81. The minimum absolute atomic E-state index is 0.183. The maximum absolute atomic E-state index is 5.34. The van der Waals surface area contributed by atoms with E-state index in [0.29, 0.717) is 0 Å². The van der Waals surface area contributed by atoms with Gasteiger partial charge in [0.2, 0.25) is 0 Å². The van der Waals surface area contributed by atoms with E-state index in [-0.39, 0.29) is 9.76 Å². The highest BCUT2D eigenvalue weighted by Gasteiger charge is 1.97. The van der Waals surface area contributed by atoms with E-state index in [1.165, 1.54) is 0 Å². The Hall–Kier alpha value is 0.354. The highest BCUT2D eigenvalue weighted by atomic mass is 28.3. The molecule has 0 aromatic rings. The van der Waals surface area contributed by atoms with Crippen LogP contribution in [-0.4, -0.2) is 26.8 Å². The van der Waals surface area contributed by atoms with Gasteiger partial charge in [-0.1, -0.05) is 6.92 Å². The van der Waals surface area contributed by atoms with Crippen LogP contribution in [0.3, 0.4) is 0 Å². The van der Waals surface area contributed by atoms with E-state index in [9.17, 15) is 0 Å².